The van der Waals surface area contributed by atoms with Crippen molar-refractivity contribution in [2.75, 3.05) is 38.7 Å². The Morgan fingerprint density at radius 3 is 2.76 bits per heavy atom. The van der Waals surface area contributed by atoms with Gasteiger partial charge < -0.3 is 25.0 Å². The summed E-state index contributed by atoms with van der Waals surface area (Å²) in [6.07, 6.45) is -2.66. The van der Waals surface area contributed by atoms with Crippen LogP contribution in [0.3, 0.4) is 0 Å². The summed E-state index contributed by atoms with van der Waals surface area (Å²) in [6, 6.07) is 8.72. The summed E-state index contributed by atoms with van der Waals surface area (Å²) in [5.74, 6) is -2.10. The van der Waals surface area contributed by atoms with Crippen molar-refractivity contribution in [3.63, 3.8) is 0 Å². The lowest BCUT2D eigenvalue weighted by Gasteiger charge is -2.23. The van der Waals surface area contributed by atoms with Crippen LogP contribution in [0, 0.1) is 17.2 Å². The van der Waals surface area contributed by atoms with Gasteiger partial charge in [-0.15, -0.1) is 11.8 Å². The predicted molar refractivity (Wildman–Crippen MR) is 118 cm³/mol. The third-order valence-electron chi connectivity index (χ3n) is 4.82. The summed E-state index contributed by atoms with van der Waals surface area (Å²) < 4.78 is 34.6. The Balaban J connectivity index is 1.95. The number of hydrogen-bond acceptors (Lipinski definition) is 8. The minimum absolute atomic E-state index is 0.0448. The van der Waals surface area contributed by atoms with Crippen molar-refractivity contribution < 1.29 is 32.6 Å². The molecule has 1 aromatic rings. The van der Waals surface area contributed by atoms with E-state index < -0.39 is 41.4 Å². The minimum atomic E-state index is -2.71. The maximum atomic E-state index is 12.8. The molecule has 0 aromatic heterocycles. The van der Waals surface area contributed by atoms with Gasteiger partial charge in [-0.25, -0.2) is 13.6 Å². The van der Waals surface area contributed by atoms with E-state index in [1.54, 1.807) is 36.1 Å². The zero-order valence-electron chi connectivity index (χ0n) is 18.3. The highest BCUT2D eigenvalue weighted by atomic mass is 32.2. The molecule has 33 heavy (non-hydrogen) atoms. The molecule has 0 aliphatic carbocycles. The fraction of sp³-hybridized carbons (Fsp3) is 0.524. The number of esters is 1. The lowest BCUT2D eigenvalue weighted by atomic mass is 10.1. The van der Waals surface area contributed by atoms with Crippen molar-refractivity contribution in [2.45, 2.75) is 30.4 Å². The molecule has 1 aliphatic rings. The Hall–Kier alpha value is -3.07. The average Bonchev–Trinajstić information content (AvgIpc) is 3.11. The number of ether oxygens (including phenoxy) is 2. The van der Waals surface area contributed by atoms with Crippen molar-refractivity contribution in [3.05, 3.63) is 24.3 Å². The van der Waals surface area contributed by atoms with E-state index in [9.17, 15) is 28.4 Å². The van der Waals surface area contributed by atoms with E-state index in [2.05, 4.69) is 15.4 Å². The maximum absolute atomic E-state index is 12.8. The molecule has 3 unspecified atom stereocenters. The number of amides is 2. The largest absolute Gasteiger partial charge is 0.482 e. The standard InChI is InChI=1S/C21H26F2N4O5S/c1-3-27-18(7-13(9-24)20(29)26-11-17(22)23)33-16(21(27)30)10-25-14-5-4-6-15(8-14)32-12-19(28)31-2/h4-6,8,13,16-18,25H,3,7,10-12H2,1-2H3,(H,26,29). The third-order valence-corrected chi connectivity index (χ3v) is 6.28. The van der Waals surface area contributed by atoms with E-state index in [0.717, 1.165) is 0 Å². The van der Waals surface area contributed by atoms with Crippen LogP contribution in [0.4, 0.5) is 14.5 Å². The molecule has 0 saturated carbocycles. The molecule has 0 spiro atoms. The molecular weight excluding hydrogens is 458 g/mol. The van der Waals surface area contributed by atoms with Crippen molar-refractivity contribution in [3.8, 4) is 11.8 Å². The molecule has 1 fully saturated rings. The Labute approximate surface area is 194 Å². The molecule has 1 heterocycles. The molecule has 0 radical (unpaired) electrons. The lowest BCUT2D eigenvalue weighted by Crippen LogP contribution is -2.39. The van der Waals surface area contributed by atoms with E-state index >= 15 is 0 Å². The zero-order valence-corrected chi connectivity index (χ0v) is 19.1. The zero-order chi connectivity index (χ0) is 24.4. The normalized spacial score (nSPS) is 18.5. The molecule has 12 heteroatoms. The summed E-state index contributed by atoms with van der Waals surface area (Å²) in [5.41, 5.74) is 0.679. The first-order chi connectivity index (χ1) is 15.8. The summed E-state index contributed by atoms with van der Waals surface area (Å²) in [7, 11) is 1.27. The highest BCUT2D eigenvalue weighted by molar-refractivity contribution is 8.01. The number of rotatable bonds is 12. The van der Waals surface area contributed by atoms with E-state index in [-0.39, 0.29) is 25.5 Å². The Bertz CT molecular complexity index is 882. The Morgan fingerprint density at radius 1 is 1.36 bits per heavy atom. The second-order valence-electron chi connectivity index (χ2n) is 7.03. The number of methoxy groups -OCH3 is 1. The first kappa shape index (κ1) is 26.2. The van der Waals surface area contributed by atoms with Crippen LogP contribution < -0.4 is 15.4 Å². The molecule has 2 rings (SSSR count). The van der Waals surface area contributed by atoms with Crippen LogP contribution in [-0.4, -0.2) is 73.1 Å². The molecule has 3 atom stereocenters. The topological polar surface area (TPSA) is 121 Å². The third kappa shape index (κ3) is 7.78. The molecular formula is C21H26F2N4O5S. The molecule has 0 bridgehead atoms. The van der Waals surface area contributed by atoms with Crippen LogP contribution in [0.15, 0.2) is 24.3 Å². The number of nitriles is 1. The van der Waals surface area contributed by atoms with Gasteiger partial charge in [0.15, 0.2) is 6.61 Å². The van der Waals surface area contributed by atoms with Crippen LogP contribution in [-0.2, 0) is 19.1 Å². The average molecular weight is 485 g/mol. The van der Waals surface area contributed by atoms with Gasteiger partial charge in [0.2, 0.25) is 11.8 Å². The number of carbonyl (C=O) groups is 3. The van der Waals surface area contributed by atoms with Gasteiger partial charge in [-0.1, -0.05) is 6.07 Å². The van der Waals surface area contributed by atoms with Crippen molar-refractivity contribution >= 4 is 35.2 Å². The maximum Gasteiger partial charge on any atom is 0.343 e. The Kier molecular flexibility index (Phi) is 10.2. The number of halogens is 2. The van der Waals surface area contributed by atoms with Crippen molar-refractivity contribution in [2.24, 2.45) is 5.92 Å². The summed E-state index contributed by atoms with van der Waals surface area (Å²) in [5, 5.41) is 13.6. The number of alkyl halides is 2. The van der Waals surface area contributed by atoms with Crippen molar-refractivity contribution in [1.29, 1.82) is 5.26 Å². The number of anilines is 1. The van der Waals surface area contributed by atoms with Crippen LogP contribution >= 0.6 is 11.8 Å². The first-order valence-corrected chi connectivity index (χ1v) is 11.2. The number of nitrogens with one attached hydrogen (secondary N) is 2. The van der Waals surface area contributed by atoms with Gasteiger partial charge in [0.1, 0.15) is 16.9 Å². The van der Waals surface area contributed by atoms with E-state index in [1.807, 2.05) is 6.07 Å². The molecule has 180 valence electrons. The summed E-state index contributed by atoms with van der Waals surface area (Å²) >= 11 is 1.32. The monoisotopic (exact) mass is 484 g/mol. The minimum Gasteiger partial charge on any atom is -0.482 e. The summed E-state index contributed by atoms with van der Waals surface area (Å²) in [4.78, 5) is 37.7. The first-order valence-electron chi connectivity index (χ1n) is 10.2. The summed E-state index contributed by atoms with van der Waals surface area (Å²) in [6.45, 7) is 1.42. The molecule has 2 N–H and O–H groups in total. The van der Waals surface area contributed by atoms with Gasteiger partial charge in [0, 0.05) is 31.3 Å². The van der Waals surface area contributed by atoms with E-state index in [1.165, 1.54) is 18.9 Å². The molecule has 9 nitrogen and oxygen atoms in total. The number of thioether (sulfide) groups is 1. The number of hydrogen-bond donors (Lipinski definition) is 2. The number of benzene rings is 1. The van der Waals surface area contributed by atoms with Crippen LogP contribution in [0.25, 0.3) is 0 Å². The van der Waals surface area contributed by atoms with Crippen LogP contribution in [0.1, 0.15) is 13.3 Å². The number of carbonyl (C=O) groups excluding carboxylic acids is 3. The molecule has 1 aliphatic heterocycles. The van der Waals surface area contributed by atoms with Gasteiger partial charge >= 0.3 is 5.97 Å². The second kappa shape index (κ2) is 12.8. The fourth-order valence-corrected chi connectivity index (χ4v) is 4.67. The smallest absolute Gasteiger partial charge is 0.343 e. The highest BCUT2D eigenvalue weighted by Gasteiger charge is 2.41. The Morgan fingerprint density at radius 2 is 2.12 bits per heavy atom. The number of nitrogens with zero attached hydrogens (tertiary/aromatic N) is 2. The quantitative estimate of drug-likeness (QED) is 0.431. The van der Waals surface area contributed by atoms with Gasteiger partial charge in [-0.3, -0.25) is 9.59 Å². The SMILES string of the molecule is CCN1C(=O)C(CNc2cccc(OCC(=O)OC)c2)SC1CC(C#N)C(=O)NCC(F)F. The molecule has 1 saturated heterocycles. The molecule has 2 amide bonds. The van der Waals surface area contributed by atoms with Gasteiger partial charge in [-0.2, -0.15) is 5.26 Å². The second-order valence-corrected chi connectivity index (χ2v) is 8.42. The van der Waals surface area contributed by atoms with Crippen molar-refractivity contribution in [1.82, 2.24) is 10.2 Å². The predicted octanol–water partition coefficient (Wildman–Crippen LogP) is 1.85. The van der Waals surface area contributed by atoms with E-state index in [4.69, 9.17) is 4.74 Å². The van der Waals surface area contributed by atoms with Gasteiger partial charge in [0.05, 0.1) is 25.1 Å². The highest BCUT2D eigenvalue weighted by Crippen LogP contribution is 2.35. The van der Waals surface area contributed by atoms with Gasteiger partial charge in [0.25, 0.3) is 6.43 Å². The fourth-order valence-electron chi connectivity index (χ4n) is 3.15. The van der Waals surface area contributed by atoms with Gasteiger partial charge in [-0.05, 0) is 19.1 Å². The van der Waals surface area contributed by atoms with Crippen LogP contribution in [0.5, 0.6) is 5.75 Å². The van der Waals surface area contributed by atoms with E-state index in [0.29, 0.717) is 18.0 Å². The molecule has 1 aromatic carbocycles. The van der Waals surface area contributed by atoms with Crippen LogP contribution in [0.2, 0.25) is 0 Å². The lowest BCUT2D eigenvalue weighted by molar-refractivity contribution is -0.143.